The summed E-state index contributed by atoms with van der Waals surface area (Å²) in [6, 6.07) is 6.75. The van der Waals surface area contributed by atoms with Gasteiger partial charge in [0, 0.05) is 12.1 Å². The van der Waals surface area contributed by atoms with E-state index in [0.29, 0.717) is 11.8 Å². The van der Waals surface area contributed by atoms with Gasteiger partial charge in [0.15, 0.2) is 0 Å². The van der Waals surface area contributed by atoms with Crippen LogP contribution in [0, 0.1) is 11.2 Å². The molecule has 2 nitrogen and oxygen atoms in total. The Bertz CT molecular complexity index is 419. The van der Waals surface area contributed by atoms with Gasteiger partial charge in [-0.3, -0.25) is 0 Å². The normalized spacial score (nSPS) is 25.5. The maximum Gasteiger partial charge on any atom is 0.126 e. The van der Waals surface area contributed by atoms with Gasteiger partial charge in [-0.05, 0) is 43.4 Å². The van der Waals surface area contributed by atoms with Crippen LogP contribution in [0.2, 0.25) is 0 Å². The molecule has 1 saturated carbocycles. The molecule has 0 aromatic heterocycles. The van der Waals surface area contributed by atoms with Crippen LogP contribution < -0.4 is 10.1 Å². The number of benzene rings is 1. The SMILES string of the molecule is CCCNC1C(Oc2cccc(F)c2)CCC1(C)C. The molecule has 1 aromatic carbocycles. The fourth-order valence-corrected chi connectivity index (χ4v) is 2.89. The van der Waals surface area contributed by atoms with Crippen LogP contribution in [0.1, 0.15) is 40.0 Å². The number of ether oxygens (including phenoxy) is 1. The second-order valence-electron chi connectivity index (χ2n) is 6.07. The number of hydrogen-bond donors (Lipinski definition) is 1. The molecule has 3 heteroatoms. The zero-order chi connectivity index (χ0) is 13.9. The largest absolute Gasteiger partial charge is 0.489 e. The summed E-state index contributed by atoms with van der Waals surface area (Å²) in [4.78, 5) is 0. The minimum atomic E-state index is -0.243. The van der Waals surface area contributed by atoms with E-state index in [2.05, 4.69) is 26.1 Å². The van der Waals surface area contributed by atoms with Crippen LogP contribution in [-0.2, 0) is 0 Å². The second kappa shape index (κ2) is 5.91. The highest BCUT2D eigenvalue weighted by Gasteiger charge is 2.42. The average Bonchev–Trinajstić information content (AvgIpc) is 2.62. The molecule has 106 valence electrons. The minimum Gasteiger partial charge on any atom is -0.489 e. The van der Waals surface area contributed by atoms with Crippen molar-refractivity contribution in [1.82, 2.24) is 5.32 Å². The van der Waals surface area contributed by atoms with Gasteiger partial charge in [-0.25, -0.2) is 4.39 Å². The van der Waals surface area contributed by atoms with Gasteiger partial charge in [0.25, 0.3) is 0 Å². The van der Waals surface area contributed by atoms with Gasteiger partial charge in [-0.15, -0.1) is 0 Å². The van der Waals surface area contributed by atoms with Gasteiger partial charge >= 0.3 is 0 Å². The quantitative estimate of drug-likeness (QED) is 0.875. The first-order valence-electron chi connectivity index (χ1n) is 7.18. The Balaban J connectivity index is 2.06. The third-order valence-corrected chi connectivity index (χ3v) is 3.98. The van der Waals surface area contributed by atoms with Crippen molar-refractivity contribution in [1.29, 1.82) is 0 Å². The molecule has 0 saturated heterocycles. The molecule has 0 heterocycles. The van der Waals surface area contributed by atoms with Gasteiger partial charge in [-0.2, -0.15) is 0 Å². The van der Waals surface area contributed by atoms with Crippen molar-refractivity contribution in [3.8, 4) is 5.75 Å². The zero-order valence-electron chi connectivity index (χ0n) is 12.1. The Kier molecular flexibility index (Phi) is 4.46. The van der Waals surface area contributed by atoms with E-state index in [-0.39, 0.29) is 17.3 Å². The Morgan fingerprint density at radius 3 is 2.89 bits per heavy atom. The van der Waals surface area contributed by atoms with Gasteiger partial charge < -0.3 is 10.1 Å². The monoisotopic (exact) mass is 265 g/mol. The molecule has 0 spiro atoms. The van der Waals surface area contributed by atoms with Crippen LogP contribution in [0.3, 0.4) is 0 Å². The number of rotatable bonds is 5. The molecule has 0 radical (unpaired) electrons. The first kappa shape index (κ1) is 14.3. The van der Waals surface area contributed by atoms with E-state index in [1.54, 1.807) is 6.07 Å². The van der Waals surface area contributed by atoms with E-state index in [0.717, 1.165) is 25.8 Å². The van der Waals surface area contributed by atoms with E-state index < -0.39 is 0 Å². The average molecular weight is 265 g/mol. The lowest BCUT2D eigenvalue weighted by Crippen LogP contribution is -2.47. The zero-order valence-corrected chi connectivity index (χ0v) is 12.1. The molecule has 0 bridgehead atoms. The number of nitrogens with one attached hydrogen (secondary N) is 1. The number of halogens is 1. The van der Waals surface area contributed by atoms with Crippen LogP contribution in [0.4, 0.5) is 4.39 Å². The minimum absolute atomic E-state index is 0.128. The van der Waals surface area contributed by atoms with Crippen molar-refractivity contribution >= 4 is 0 Å². The van der Waals surface area contributed by atoms with Crippen LogP contribution in [0.15, 0.2) is 24.3 Å². The lowest BCUT2D eigenvalue weighted by Gasteiger charge is -2.31. The van der Waals surface area contributed by atoms with E-state index in [1.165, 1.54) is 12.1 Å². The topological polar surface area (TPSA) is 21.3 Å². The third-order valence-electron chi connectivity index (χ3n) is 3.98. The fourth-order valence-electron chi connectivity index (χ4n) is 2.89. The summed E-state index contributed by atoms with van der Waals surface area (Å²) in [5.41, 5.74) is 0.229. The smallest absolute Gasteiger partial charge is 0.126 e. The van der Waals surface area contributed by atoms with Crippen molar-refractivity contribution in [3.63, 3.8) is 0 Å². The van der Waals surface area contributed by atoms with Crippen molar-refractivity contribution in [2.75, 3.05) is 6.54 Å². The molecule has 0 amide bonds. The lowest BCUT2D eigenvalue weighted by molar-refractivity contribution is 0.140. The van der Waals surface area contributed by atoms with Gasteiger partial charge in [0.1, 0.15) is 17.7 Å². The van der Waals surface area contributed by atoms with E-state index in [9.17, 15) is 4.39 Å². The lowest BCUT2D eigenvalue weighted by atomic mass is 9.87. The van der Waals surface area contributed by atoms with Crippen molar-refractivity contribution in [3.05, 3.63) is 30.1 Å². The van der Waals surface area contributed by atoms with E-state index in [1.807, 2.05) is 6.07 Å². The number of hydrogen-bond acceptors (Lipinski definition) is 2. The first-order chi connectivity index (χ1) is 9.03. The van der Waals surface area contributed by atoms with Crippen LogP contribution in [0.25, 0.3) is 0 Å². The molecule has 2 rings (SSSR count). The molecule has 19 heavy (non-hydrogen) atoms. The Hall–Kier alpha value is -1.09. The summed E-state index contributed by atoms with van der Waals surface area (Å²) in [7, 11) is 0. The highest BCUT2D eigenvalue weighted by Crippen LogP contribution is 2.39. The summed E-state index contributed by atoms with van der Waals surface area (Å²) in [5, 5.41) is 3.59. The Labute approximate surface area is 115 Å². The second-order valence-corrected chi connectivity index (χ2v) is 6.07. The Morgan fingerprint density at radius 2 is 2.21 bits per heavy atom. The standard InChI is InChI=1S/C16H24FNO/c1-4-10-18-15-14(8-9-16(15,2)3)19-13-7-5-6-12(17)11-13/h5-7,11,14-15,18H,4,8-10H2,1-3H3. The molecule has 1 aliphatic carbocycles. The predicted octanol–water partition coefficient (Wildman–Crippen LogP) is 3.76. The van der Waals surface area contributed by atoms with Gasteiger partial charge in [0.05, 0.1) is 0 Å². The summed E-state index contributed by atoms with van der Waals surface area (Å²) in [5.74, 6) is 0.388. The molecule has 2 atom stereocenters. The van der Waals surface area contributed by atoms with E-state index in [4.69, 9.17) is 4.74 Å². The first-order valence-corrected chi connectivity index (χ1v) is 7.18. The van der Waals surface area contributed by atoms with Crippen molar-refractivity contribution in [2.45, 2.75) is 52.2 Å². The van der Waals surface area contributed by atoms with Crippen molar-refractivity contribution in [2.24, 2.45) is 5.41 Å². The molecular formula is C16H24FNO. The van der Waals surface area contributed by atoms with Crippen LogP contribution in [-0.4, -0.2) is 18.7 Å². The molecule has 0 aliphatic heterocycles. The summed E-state index contributed by atoms with van der Waals surface area (Å²) >= 11 is 0. The molecular weight excluding hydrogens is 241 g/mol. The highest BCUT2D eigenvalue weighted by atomic mass is 19.1. The van der Waals surface area contributed by atoms with Gasteiger partial charge in [-0.1, -0.05) is 26.8 Å². The molecule has 1 aromatic rings. The van der Waals surface area contributed by atoms with E-state index >= 15 is 0 Å². The molecule has 2 unspecified atom stereocenters. The highest BCUT2D eigenvalue weighted by molar-refractivity contribution is 5.23. The maximum absolute atomic E-state index is 13.2. The molecule has 1 aliphatic rings. The van der Waals surface area contributed by atoms with Crippen LogP contribution in [0.5, 0.6) is 5.75 Å². The summed E-state index contributed by atoms with van der Waals surface area (Å²) in [6.45, 7) is 7.71. The van der Waals surface area contributed by atoms with Crippen molar-refractivity contribution < 1.29 is 9.13 Å². The Morgan fingerprint density at radius 1 is 1.42 bits per heavy atom. The maximum atomic E-state index is 13.2. The predicted molar refractivity (Wildman–Crippen MR) is 75.9 cm³/mol. The summed E-state index contributed by atoms with van der Waals surface area (Å²) in [6.07, 6.45) is 3.39. The van der Waals surface area contributed by atoms with Gasteiger partial charge in [0.2, 0.25) is 0 Å². The molecule has 1 fully saturated rings. The summed E-state index contributed by atoms with van der Waals surface area (Å²) < 4.78 is 19.2. The third kappa shape index (κ3) is 3.47. The van der Waals surface area contributed by atoms with Crippen LogP contribution >= 0.6 is 0 Å². The fraction of sp³-hybridized carbons (Fsp3) is 0.625. The molecule has 1 N–H and O–H groups in total.